The molecule has 1 aliphatic carbocycles. The van der Waals surface area contributed by atoms with Gasteiger partial charge in [-0.25, -0.2) is 8.78 Å². The van der Waals surface area contributed by atoms with Crippen molar-refractivity contribution in [1.82, 2.24) is 5.32 Å². The third-order valence-electron chi connectivity index (χ3n) is 4.70. The maximum absolute atomic E-state index is 14.3. The molecule has 2 fully saturated rings. The molecule has 1 N–H and O–H groups in total. The Labute approximate surface area is 119 Å². The molecule has 110 valence electrons. The number of hydrogen-bond donors (Lipinski definition) is 1. The fraction of sp³-hybridized carbons (Fsp3) is 0.625. The minimum absolute atomic E-state index is 0.180. The standard InChI is InChI=1S/C16H22F2N2/c1-2-19-8-11-6-14(17)16(15(18)7-11)20-9-12-4-3-5-13(12)10-20/h6-7,12-13,19H,2-5,8-10H2,1H3. The van der Waals surface area contributed by atoms with Crippen molar-refractivity contribution in [3.8, 4) is 0 Å². The number of anilines is 1. The van der Waals surface area contributed by atoms with E-state index in [1.165, 1.54) is 31.4 Å². The van der Waals surface area contributed by atoms with Gasteiger partial charge < -0.3 is 10.2 Å². The predicted molar refractivity (Wildman–Crippen MR) is 76.8 cm³/mol. The molecule has 1 saturated heterocycles. The van der Waals surface area contributed by atoms with Gasteiger partial charge in [0.25, 0.3) is 0 Å². The van der Waals surface area contributed by atoms with Crippen LogP contribution in [0.5, 0.6) is 0 Å². The molecule has 1 aromatic rings. The van der Waals surface area contributed by atoms with Crippen molar-refractivity contribution >= 4 is 5.69 Å². The number of rotatable bonds is 4. The minimum atomic E-state index is -0.419. The van der Waals surface area contributed by atoms with Gasteiger partial charge in [-0.3, -0.25) is 0 Å². The van der Waals surface area contributed by atoms with Gasteiger partial charge in [0.2, 0.25) is 0 Å². The third kappa shape index (κ3) is 2.53. The van der Waals surface area contributed by atoms with Gasteiger partial charge in [0, 0.05) is 19.6 Å². The normalized spacial score (nSPS) is 25.2. The molecule has 1 aliphatic heterocycles. The quantitative estimate of drug-likeness (QED) is 0.910. The Bertz CT molecular complexity index is 454. The van der Waals surface area contributed by atoms with E-state index >= 15 is 0 Å². The van der Waals surface area contributed by atoms with E-state index in [1.54, 1.807) is 0 Å². The van der Waals surface area contributed by atoms with Crippen LogP contribution in [0.25, 0.3) is 0 Å². The lowest BCUT2D eigenvalue weighted by Crippen LogP contribution is -2.23. The summed E-state index contributed by atoms with van der Waals surface area (Å²) < 4.78 is 28.5. The number of hydrogen-bond acceptors (Lipinski definition) is 2. The number of benzene rings is 1. The molecule has 4 heteroatoms. The number of nitrogens with zero attached hydrogens (tertiary/aromatic N) is 1. The van der Waals surface area contributed by atoms with E-state index in [2.05, 4.69) is 5.32 Å². The molecule has 2 unspecified atom stereocenters. The van der Waals surface area contributed by atoms with Gasteiger partial charge in [0.05, 0.1) is 0 Å². The Morgan fingerprint density at radius 3 is 2.30 bits per heavy atom. The molecule has 3 rings (SSSR count). The second-order valence-corrected chi connectivity index (χ2v) is 6.04. The largest absolute Gasteiger partial charge is 0.366 e. The summed E-state index contributed by atoms with van der Waals surface area (Å²) in [5.41, 5.74) is 0.852. The van der Waals surface area contributed by atoms with Crippen molar-refractivity contribution < 1.29 is 8.78 Å². The van der Waals surface area contributed by atoms with Gasteiger partial charge in [-0.15, -0.1) is 0 Å². The SMILES string of the molecule is CCNCc1cc(F)c(N2CC3CCCC3C2)c(F)c1. The zero-order valence-electron chi connectivity index (χ0n) is 12.0. The van der Waals surface area contributed by atoms with Crippen LogP contribution < -0.4 is 10.2 Å². The van der Waals surface area contributed by atoms with E-state index < -0.39 is 11.6 Å². The molecule has 0 radical (unpaired) electrons. The number of fused-ring (bicyclic) bond motifs is 1. The maximum Gasteiger partial charge on any atom is 0.149 e. The van der Waals surface area contributed by atoms with Crippen molar-refractivity contribution in [2.24, 2.45) is 11.8 Å². The molecule has 0 spiro atoms. The Kier molecular flexibility index (Phi) is 3.92. The second-order valence-electron chi connectivity index (χ2n) is 6.04. The first-order valence-electron chi connectivity index (χ1n) is 7.62. The highest BCUT2D eigenvalue weighted by molar-refractivity contribution is 5.52. The lowest BCUT2D eigenvalue weighted by molar-refractivity contribution is 0.494. The average molecular weight is 280 g/mol. The zero-order valence-corrected chi connectivity index (χ0v) is 12.0. The van der Waals surface area contributed by atoms with Crippen LogP contribution in [-0.4, -0.2) is 19.6 Å². The van der Waals surface area contributed by atoms with Crippen molar-refractivity contribution in [3.63, 3.8) is 0 Å². The zero-order chi connectivity index (χ0) is 14.1. The van der Waals surface area contributed by atoms with Crippen LogP contribution in [0.1, 0.15) is 31.7 Å². The van der Waals surface area contributed by atoms with E-state index in [1.807, 2.05) is 11.8 Å². The van der Waals surface area contributed by atoms with Crippen molar-refractivity contribution in [2.45, 2.75) is 32.7 Å². The van der Waals surface area contributed by atoms with Crippen LogP contribution in [-0.2, 0) is 6.54 Å². The Morgan fingerprint density at radius 2 is 1.75 bits per heavy atom. The lowest BCUT2D eigenvalue weighted by atomic mass is 10.0. The highest BCUT2D eigenvalue weighted by atomic mass is 19.1. The first kappa shape index (κ1) is 13.8. The Hall–Kier alpha value is -1.16. The van der Waals surface area contributed by atoms with Gasteiger partial charge in [-0.2, -0.15) is 0 Å². The van der Waals surface area contributed by atoms with E-state index in [9.17, 15) is 8.78 Å². The monoisotopic (exact) mass is 280 g/mol. The van der Waals surface area contributed by atoms with Gasteiger partial charge in [0.15, 0.2) is 0 Å². The van der Waals surface area contributed by atoms with Crippen LogP contribution in [0.15, 0.2) is 12.1 Å². The summed E-state index contributed by atoms with van der Waals surface area (Å²) in [7, 11) is 0. The Morgan fingerprint density at radius 1 is 1.15 bits per heavy atom. The molecular weight excluding hydrogens is 258 g/mol. The maximum atomic E-state index is 14.3. The summed E-state index contributed by atoms with van der Waals surface area (Å²) in [5.74, 6) is 0.432. The molecular formula is C16H22F2N2. The summed E-state index contributed by atoms with van der Waals surface area (Å²) >= 11 is 0. The van der Waals surface area contributed by atoms with Crippen LogP contribution >= 0.6 is 0 Å². The molecule has 1 aromatic carbocycles. The summed E-state index contributed by atoms with van der Waals surface area (Å²) in [6.07, 6.45) is 3.70. The van der Waals surface area contributed by atoms with Crippen LogP contribution in [0.2, 0.25) is 0 Å². The average Bonchev–Trinajstić information content (AvgIpc) is 2.96. The van der Waals surface area contributed by atoms with E-state index in [0.29, 0.717) is 23.9 Å². The number of halogens is 2. The van der Waals surface area contributed by atoms with E-state index in [4.69, 9.17) is 0 Å². The molecule has 20 heavy (non-hydrogen) atoms. The van der Waals surface area contributed by atoms with Gasteiger partial charge in [-0.1, -0.05) is 13.3 Å². The molecule has 2 nitrogen and oxygen atoms in total. The summed E-state index contributed by atoms with van der Waals surface area (Å²) in [6.45, 7) is 4.90. The van der Waals surface area contributed by atoms with E-state index in [0.717, 1.165) is 19.6 Å². The topological polar surface area (TPSA) is 15.3 Å². The highest BCUT2D eigenvalue weighted by Gasteiger charge is 2.37. The van der Waals surface area contributed by atoms with Gasteiger partial charge >= 0.3 is 0 Å². The van der Waals surface area contributed by atoms with Gasteiger partial charge in [-0.05, 0) is 48.9 Å². The molecule has 2 aliphatic rings. The number of nitrogens with one attached hydrogen (secondary N) is 1. The smallest absolute Gasteiger partial charge is 0.149 e. The predicted octanol–water partition coefficient (Wildman–Crippen LogP) is 3.31. The summed E-state index contributed by atoms with van der Waals surface area (Å²) in [6, 6.07) is 2.93. The van der Waals surface area contributed by atoms with Crippen LogP contribution in [0.4, 0.5) is 14.5 Å². The minimum Gasteiger partial charge on any atom is -0.366 e. The Balaban J connectivity index is 1.79. The van der Waals surface area contributed by atoms with Crippen molar-refractivity contribution in [1.29, 1.82) is 0 Å². The van der Waals surface area contributed by atoms with Crippen LogP contribution in [0.3, 0.4) is 0 Å². The summed E-state index contributed by atoms with van der Waals surface area (Å²) in [5, 5.41) is 3.09. The molecule has 0 aromatic heterocycles. The third-order valence-corrected chi connectivity index (χ3v) is 4.70. The lowest BCUT2D eigenvalue weighted by Gasteiger charge is -2.21. The summed E-state index contributed by atoms with van der Waals surface area (Å²) in [4.78, 5) is 1.91. The molecule has 0 amide bonds. The molecule has 0 bridgehead atoms. The molecule has 1 saturated carbocycles. The van der Waals surface area contributed by atoms with Gasteiger partial charge in [0.1, 0.15) is 17.3 Å². The second kappa shape index (κ2) is 5.68. The first-order valence-corrected chi connectivity index (χ1v) is 7.62. The van der Waals surface area contributed by atoms with Crippen molar-refractivity contribution in [3.05, 3.63) is 29.3 Å². The molecule has 2 atom stereocenters. The first-order chi connectivity index (χ1) is 9.69. The van der Waals surface area contributed by atoms with Crippen molar-refractivity contribution in [2.75, 3.05) is 24.5 Å². The molecule has 1 heterocycles. The fourth-order valence-corrected chi connectivity index (χ4v) is 3.71. The van der Waals surface area contributed by atoms with Crippen LogP contribution in [0, 0.1) is 23.5 Å². The van der Waals surface area contributed by atoms with E-state index in [-0.39, 0.29) is 5.69 Å². The highest BCUT2D eigenvalue weighted by Crippen LogP contribution is 2.40. The fourth-order valence-electron chi connectivity index (χ4n) is 3.71.